The summed E-state index contributed by atoms with van der Waals surface area (Å²) >= 11 is 3.37. The zero-order valence-corrected chi connectivity index (χ0v) is 18.6. The van der Waals surface area contributed by atoms with Crippen molar-refractivity contribution in [2.24, 2.45) is 0 Å². The van der Waals surface area contributed by atoms with Crippen LogP contribution in [0.5, 0.6) is 0 Å². The van der Waals surface area contributed by atoms with Gasteiger partial charge in [0.05, 0.1) is 0 Å². The third-order valence-corrected chi connectivity index (χ3v) is 5.31. The van der Waals surface area contributed by atoms with Crippen molar-refractivity contribution in [3.63, 3.8) is 0 Å². The molecule has 2 atom stereocenters. The highest BCUT2D eigenvalue weighted by molar-refractivity contribution is 9.10. The van der Waals surface area contributed by atoms with Crippen LogP contribution in [0.15, 0.2) is 53.0 Å². The first kappa shape index (κ1) is 21.8. The molecule has 1 aliphatic heterocycles. The molecule has 2 amide bonds. The number of nitro groups is 1. The number of carbonyl (C=O) groups is 2. The number of nitrogens with zero attached hydrogens (tertiary/aromatic N) is 2. The molecular weight excluding hydrogens is 454 g/mol. The van der Waals surface area contributed by atoms with Crippen molar-refractivity contribution in [1.29, 1.82) is 0 Å². The summed E-state index contributed by atoms with van der Waals surface area (Å²) in [5.74, 6) is -0.619. The average Bonchev–Trinajstić information content (AvgIpc) is 2.83. The lowest BCUT2D eigenvalue weighted by Gasteiger charge is -2.33. The van der Waals surface area contributed by atoms with Gasteiger partial charge in [-0.05, 0) is 39.0 Å². The minimum absolute atomic E-state index is 0.285. The fraction of sp³-hybridized carbons (Fsp3) is 0.333. The van der Waals surface area contributed by atoms with Crippen LogP contribution >= 0.6 is 15.9 Å². The molecule has 0 spiro atoms. The number of amides is 2. The highest BCUT2D eigenvalue weighted by Crippen LogP contribution is 2.49. The van der Waals surface area contributed by atoms with Crippen LogP contribution < -0.4 is 10.2 Å². The maximum atomic E-state index is 13.6. The van der Waals surface area contributed by atoms with E-state index in [9.17, 15) is 19.7 Å². The molecule has 1 heterocycles. The van der Waals surface area contributed by atoms with Gasteiger partial charge in [-0.25, -0.2) is 4.79 Å². The van der Waals surface area contributed by atoms with E-state index in [0.29, 0.717) is 15.7 Å². The molecule has 0 saturated heterocycles. The third-order valence-electron chi connectivity index (χ3n) is 4.82. The van der Waals surface area contributed by atoms with Gasteiger partial charge in [-0.2, -0.15) is 0 Å². The highest BCUT2D eigenvalue weighted by Gasteiger charge is 2.63. The first-order valence-corrected chi connectivity index (χ1v) is 10.0. The van der Waals surface area contributed by atoms with E-state index >= 15 is 0 Å². The molecule has 0 aromatic heterocycles. The predicted molar refractivity (Wildman–Crippen MR) is 115 cm³/mol. The lowest BCUT2D eigenvalue weighted by molar-refractivity contribution is -0.540. The maximum absolute atomic E-state index is 13.6. The van der Waals surface area contributed by atoms with E-state index in [1.807, 2.05) is 0 Å². The van der Waals surface area contributed by atoms with Gasteiger partial charge in [-0.3, -0.25) is 20.2 Å². The highest BCUT2D eigenvalue weighted by atomic mass is 79.9. The predicted octanol–water partition coefficient (Wildman–Crippen LogP) is 4.16. The number of nitrogens with one attached hydrogen (secondary N) is 1. The third kappa shape index (κ3) is 3.77. The SMILES string of the molecule is CN1C(=O)[C@@](NC(=O)OC(C)(C)C)([C@@H](c2ccccc2)[N+](=O)[O-])c2cc(Br)ccc21. The molecule has 0 fully saturated rings. The zero-order chi connectivity index (χ0) is 22.3. The van der Waals surface area contributed by atoms with Crippen LogP contribution in [0.4, 0.5) is 10.5 Å². The number of rotatable bonds is 4. The molecule has 0 radical (unpaired) electrons. The summed E-state index contributed by atoms with van der Waals surface area (Å²) in [4.78, 5) is 39.4. The Hall–Kier alpha value is -2.94. The van der Waals surface area contributed by atoms with Gasteiger partial charge in [-0.15, -0.1) is 0 Å². The Morgan fingerprint density at radius 3 is 2.43 bits per heavy atom. The number of anilines is 1. The normalized spacial score (nSPS) is 19.2. The number of alkyl carbamates (subject to hydrolysis) is 1. The minimum atomic E-state index is -1.99. The Bertz CT molecular complexity index is 1010. The summed E-state index contributed by atoms with van der Waals surface area (Å²) in [6, 6.07) is 11.6. The Kier molecular flexibility index (Phi) is 5.60. The van der Waals surface area contributed by atoms with E-state index < -0.39 is 34.1 Å². The second-order valence-electron chi connectivity index (χ2n) is 8.06. The van der Waals surface area contributed by atoms with Crippen molar-refractivity contribution in [2.75, 3.05) is 11.9 Å². The van der Waals surface area contributed by atoms with Gasteiger partial charge in [0.2, 0.25) is 5.54 Å². The second-order valence-corrected chi connectivity index (χ2v) is 8.97. The molecule has 9 heteroatoms. The average molecular weight is 476 g/mol. The number of benzene rings is 2. The van der Waals surface area contributed by atoms with Crippen LogP contribution in [-0.4, -0.2) is 29.6 Å². The van der Waals surface area contributed by atoms with Crippen LogP contribution in [0.25, 0.3) is 0 Å². The van der Waals surface area contributed by atoms with Gasteiger partial charge in [-0.1, -0.05) is 46.3 Å². The van der Waals surface area contributed by atoms with Crippen molar-refractivity contribution in [3.8, 4) is 0 Å². The van der Waals surface area contributed by atoms with Crippen LogP contribution in [0.1, 0.15) is 37.9 Å². The fourth-order valence-corrected chi connectivity index (χ4v) is 4.05. The number of fused-ring (bicyclic) bond motifs is 1. The molecule has 1 aliphatic rings. The van der Waals surface area contributed by atoms with Crippen LogP contribution in [0.2, 0.25) is 0 Å². The van der Waals surface area contributed by atoms with Gasteiger partial charge in [0, 0.05) is 33.3 Å². The summed E-state index contributed by atoms with van der Waals surface area (Å²) < 4.78 is 5.98. The van der Waals surface area contributed by atoms with E-state index in [1.165, 1.54) is 11.9 Å². The monoisotopic (exact) mass is 475 g/mol. The first-order chi connectivity index (χ1) is 14.0. The zero-order valence-electron chi connectivity index (χ0n) is 17.0. The minimum Gasteiger partial charge on any atom is -0.444 e. The van der Waals surface area contributed by atoms with Crippen molar-refractivity contribution in [2.45, 2.75) is 38.0 Å². The van der Waals surface area contributed by atoms with Crippen molar-refractivity contribution >= 4 is 33.6 Å². The Morgan fingerprint density at radius 2 is 1.87 bits per heavy atom. The molecule has 0 aliphatic carbocycles. The molecule has 0 bridgehead atoms. The summed E-state index contributed by atoms with van der Waals surface area (Å²) in [5, 5.41) is 14.9. The van der Waals surface area contributed by atoms with Crippen molar-refractivity contribution < 1.29 is 19.2 Å². The summed E-state index contributed by atoms with van der Waals surface area (Å²) in [7, 11) is 1.52. The smallest absolute Gasteiger partial charge is 0.409 e. The molecular formula is C21H22BrN3O5. The number of halogens is 1. The first-order valence-electron chi connectivity index (χ1n) is 9.25. The van der Waals surface area contributed by atoms with E-state index in [2.05, 4.69) is 21.2 Å². The number of likely N-dealkylation sites (N-methyl/N-ethyl adjacent to an activating group) is 1. The lowest BCUT2D eigenvalue weighted by atomic mass is 9.80. The molecule has 3 rings (SSSR count). The van der Waals surface area contributed by atoms with Crippen LogP contribution in [0.3, 0.4) is 0 Å². The van der Waals surface area contributed by atoms with E-state index in [-0.39, 0.29) is 5.56 Å². The van der Waals surface area contributed by atoms with E-state index in [1.54, 1.807) is 69.3 Å². The summed E-state index contributed by atoms with van der Waals surface area (Å²) in [5.41, 5.74) is -1.76. The van der Waals surface area contributed by atoms with Gasteiger partial charge >= 0.3 is 6.09 Å². The van der Waals surface area contributed by atoms with Crippen LogP contribution in [0, 0.1) is 10.1 Å². The standard InChI is InChI=1S/C21H22BrN3O5/c1-20(2,3)30-19(27)23-21(17(25(28)29)13-8-6-5-7-9-13)15-12-14(22)10-11-16(15)24(4)18(21)26/h5-12,17H,1-4H3,(H,23,27)/t17-,21+/m1/s1. The Balaban J connectivity index is 2.28. The van der Waals surface area contributed by atoms with E-state index in [4.69, 9.17) is 4.74 Å². The molecule has 8 nitrogen and oxygen atoms in total. The molecule has 2 aromatic carbocycles. The van der Waals surface area contributed by atoms with Crippen molar-refractivity contribution in [3.05, 3.63) is 74.2 Å². The Labute approximate surface area is 182 Å². The number of hydrogen-bond donors (Lipinski definition) is 1. The number of carbonyl (C=O) groups excluding carboxylic acids is 2. The number of ether oxygens (including phenoxy) is 1. The summed E-state index contributed by atoms with van der Waals surface area (Å²) in [6.45, 7) is 5.03. The van der Waals surface area contributed by atoms with Crippen molar-refractivity contribution in [1.82, 2.24) is 5.32 Å². The molecule has 30 heavy (non-hydrogen) atoms. The van der Waals surface area contributed by atoms with Gasteiger partial charge in [0.15, 0.2) is 0 Å². The molecule has 1 N–H and O–H groups in total. The van der Waals surface area contributed by atoms with Crippen LogP contribution in [-0.2, 0) is 15.1 Å². The fourth-order valence-electron chi connectivity index (χ4n) is 3.69. The van der Waals surface area contributed by atoms with E-state index in [0.717, 1.165) is 0 Å². The molecule has 158 valence electrons. The van der Waals surface area contributed by atoms with Gasteiger partial charge < -0.3 is 9.64 Å². The second kappa shape index (κ2) is 7.71. The van der Waals surface area contributed by atoms with Gasteiger partial charge in [0.1, 0.15) is 5.60 Å². The topological polar surface area (TPSA) is 102 Å². The molecule has 0 saturated carbocycles. The maximum Gasteiger partial charge on any atom is 0.409 e. The molecule has 2 aromatic rings. The largest absolute Gasteiger partial charge is 0.444 e. The summed E-state index contributed by atoms with van der Waals surface area (Å²) in [6.07, 6.45) is -0.917. The Morgan fingerprint density at radius 1 is 1.23 bits per heavy atom. The molecule has 0 unspecified atom stereocenters. The van der Waals surface area contributed by atoms with Gasteiger partial charge in [0.25, 0.3) is 11.9 Å². The lowest BCUT2D eigenvalue weighted by Crippen LogP contribution is -2.58. The quantitative estimate of drug-likeness (QED) is 0.528. The number of hydrogen-bond acceptors (Lipinski definition) is 5.